The van der Waals surface area contributed by atoms with Crippen molar-refractivity contribution in [1.29, 1.82) is 5.26 Å². The van der Waals surface area contributed by atoms with Gasteiger partial charge in [0.15, 0.2) is 6.10 Å². The van der Waals surface area contributed by atoms with Crippen LogP contribution in [0.4, 0.5) is 5.82 Å². The third-order valence-electron chi connectivity index (χ3n) is 4.17. The number of aromatic nitrogens is 1. The molecule has 1 aromatic heterocycles. The molecule has 1 fully saturated rings. The summed E-state index contributed by atoms with van der Waals surface area (Å²) < 4.78 is 5.57. The molecule has 0 bridgehead atoms. The van der Waals surface area contributed by atoms with Crippen molar-refractivity contribution in [2.45, 2.75) is 26.9 Å². The molecule has 22 heavy (non-hydrogen) atoms. The molecule has 1 amide bonds. The summed E-state index contributed by atoms with van der Waals surface area (Å²) in [7, 11) is 3.42. The van der Waals surface area contributed by atoms with E-state index in [1.165, 1.54) is 4.90 Å². The quantitative estimate of drug-likeness (QED) is 0.820. The Kier molecular flexibility index (Phi) is 4.67. The van der Waals surface area contributed by atoms with Crippen LogP contribution in [0.2, 0.25) is 0 Å². The second kappa shape index (κ2) is 6.32. The Morgan fingerprint density at radius 2 is 2.05 bits per heavy atom. The molecular formula is C16H22N4O2. The first-order chi connectivity index (χ1) is 10.4. The summed E-state index contributed by atoms with van der Waals surface area (Å²) >= 11 is 0. The van der Waals surface area contributed by atoms with Crippen molar-refractivity contribution in [2.24, 2.45) is 0 Å². The highest BCUT2D eigenvalue weighted by Gasteiger charge is 2.30. The molecule has 1 aromatic rings. The van der Waals surface area contributed by atoms with Crippen LogP contribution in [-0.4, -0.2) is 55.7 Å². The number of hydrogen-bond donors (Lipinski definition) is 0. The molecule has 0 radical (unpaired) electrons. The van der Waals surface area contributed by atoms with Crippen LogP contribution in [0, 0.1) is 32.1 Å². The van der Waals surface area contributed by atoms with Gasteiger partial charge < -0.3 is 14.5 Å². The highest BCUT2D eigenvalue weighted by atomic mass is 16.5. The average Bonchev–Trinajstić information content (AvgIpc) is 2.51. The van der Waals surface area contributed by atoms with Gasteiger partial charge in [-0.25, -0.2) is 4.98 Å². The van der Waals surface area contributed by atoms with Crippen molar-refractivity contribution in [3.05, 3.63) is 22.4 Å². The highest BCUT2D eigenvalue weighted by Crippen LogP contribution is 2.26. The Hall–Kier alpha value is -2.13. The van der Waals surface area contributed by atoms with E-state index in [0.717, 1.165) is 16.8 Å². The van der Waals surface area contributed by atoms with Crippen molar-refractivity contribution >= 4 is 11.7 Å². The number of ether oxygens (including phenoxy) is 1. The van der Waals surface area contributed by atoms with Gasteiger partial charge in [0.1, 0.15) is 11.9 Å². The lowest BCUT2D eigenvalue weighted by Gasteiger charge is -2.35. The maximum atomic E-state index is 12.1. The van der Waals surface area contributed by atoms with Crippen LogP contribution in [0.1, 0.15) is 22.4 Å². The molecule has 1 saturated heterocycles. The first kappa shape index (κ1) is 16.2. The Balaban J connectivity index is 2.36. The molecule has 0 spiro atoms. The standard InChI is InChI=1S/C16H22N4O2/c1-10-11(2)13(8-17)15(18-12(10)3)20-6-7-22-14(9-20)16(21)19(4)5/h14H,6-7,9H2,1-5H3. The third kappa shape index (κ3) is 2.90. The topological polar surface area (TPSA) is 69.5 Å². The molecule has 6 heteroatoms. The van der Waals surface area contributed by atoms with E-state index in [4.69, 9.17) is 4.74 Å². The number of carbonyl (C=O) groups is 1. The van der Waals surface area contributed by atoms with Gasteiger partial charge in [-0.1, -0.05) is 0 Å². The first-order valence-electron chi connectivity index (χ1n) is 7.32. The van der Waals surface area contributed by atoms with Crippen molar-refractivity contribution in [3.63, 3.8) is 0 Å². The number of aryl methyl sites for hydroxylation is 1. The summed E-state index contributed by atoms with van der Waals surface area (Å²) in [5, 5.41) is 9.49. The zero-order chi connectivity index (χ0) is 16.4. The second-order valence-electron chi connectivity index (χ2n) is 5.80. The van der Waals surface area contributed by atoms with Crippen molar-refractivity contribution < 1.29 is 9.53 Å². The van der Waals surface area contributed by atoms with E-state index in [0.29, 0.717) is 31.1 Å². The van der Waals surface area contributed by atoms with Crippen molar-refractivity contribution in [3.8, 4) is 6.07 Å². The SMILES string of the molecule is Cc1nc(N2CCOC(C(=O)N(C)C)C2)c(C#N)c(C)c1C. The summed E-state index contributed by atoms with van der Waals surface area (Å²) in [4.78, 5) is 20.2. The number of hydrogen-bond acceptors (Lipinski definition) is 5. The number of rotatable bonds is 2. The number of morpholine rings is 1. The lowest BCUT2D eigenvalue weighted by Crippen LogP contribution is -2.50. The number of pyridine rings is 1. The van der Waals surface area contributed by atoms with E-state index in [9.17, 15) is 10.1 Å². The molecule has 0 aliphatic carbocycles. The Morgan fingerprint density at radius 3 is 2.64 bits per heavy atom. The molecule has 118 valence electrons. The van der Waals surface area contributed by atoms with Crippen molar-refractivity contribution in [1.82, 2.24) is 9.88 Å². The molecule has 1 aliphatic rings. The molecule has 2 rings (SSSR count). The van der Waals surface area contributed by atoms with Crippen LogP contribution in [0.5, 0.6) is 0 Å². The summed E-state index contributed by atoms with van der Waals surface area (Å²) in [6.07, 6.45) is -0.515. The molecule has 0 saturated carbocycles. The minimum Gasteiger partial charge on any atom is -0.365 e. The number of anilines is 1. The van der Waals surface area contributed by atoms with Gasteiger partial charge in [-0.15, -0.1) is 0 Å². The number of nitriles is 1. The van der Waals surface area contributed by atoms with Gasteiger partial charge in [-0.3, -0.25) is 4.79 Å². The van der Waals surface area contributed by atoms with Gasteiger partial charge in [0.2, 0.25) is 0 Å². The molecule has 6 nitrogen and oxygen atoms in total. The maximum Gasteiger partial charge on any atom is 0.253 e. The maximum absolute atomic E-state index is 12.1. The van der Waals surface area contributed by atoms with E-state index in [-0.39, 0.29) is 5.91 Å². The van der Waals surface area contributed by atoms with Crippen LogP contribution in [0.25, 0.3) is 0 Å². The van der Waals surface area contributed by atoms with Crippen LogP contribution in [-0.2, 0) is 9.53 Å². The van der Waals surface area contributed by atoms with E-state index in [1.54, 1.807) is 14.1 Å². The normalized spacial score (nSPS) is 18.0. The van der Waals surface area contributed by atoms with Gasteiger partial charge in [0.25, 0.3) is 5.91 Å². The number of nitrogens with zero attached hydrogens (tertiary/aromatic N) is 4. The Morgan fingerprint density at radius 1 is 1.36 bits per heavy atom. The Labute approximate surface area is 131 Å². The number of amides is 1. The summed E-state index contributed by atoms with van der Waals surface area (Å²) in [6, 6.07) is 2.26. The smallest absolute Gasteiger partial charge is 0.253 e. The van der Waals surface area contributed by atoms with Gasteiger partial charge in [-0.05, 0) is 31.9 Å². The van der Waals surface area contributed by atoms with Crippen LogP contribution >= 0.6 is 0 Å². The highest BCUT2D eigenvalue weighted by molar-refractivity contribution is 5.81. The predicted octanol–water partition coefficient (Wildman–Crippen LogP) is 1.17. The van der Waals surface area contributed by atoms with Gasteiger partial charge in [-0.2, -0.15) is 5.26 Å². The molecular weight excluding hydrogens is 280 g/mol. The zero-order valence-corrected chi connectivity index (χ0v) is 13.8. The van der Waals surface area contributed by atoms with Gasteiger partial charge in [0.05, 0.1) is 18.7 Å². The predicted molar refractivity (Wildman–Crippen MR) is 83.8 cm³/mol. The second-order valence-corrected chi connectivity index (χ2v) is 5.80. The number of likely N-dealkylation sites (N-methyl/N-ethyl adjacent to an activating group) is 1. The zero-order valence-electron chi connectivity index (χ0n) is 13.8. The van der Waals surface area contributed by atoms with Gasteiger partial charge in [0, 0.05) is 26.3 Å². The summed E-state index contributed by atoms with van der Waals surface area (Å²) in [6.45, 7) is 7.34. The molecule has 0 N–H and O–H groups in total. The van der Waals surface area contributed by atoms with E-state index < -0.39 is 6.10 Å². The minimum atomic E-state index is -0.515. The molecule has 1 unspecified atom stereocenters. The fraction of sp³-hybridized carbons (Fsp3) is 0.562. The molecule has 0 aromatic carbocycles. The summed E-state index contributed by atoms with van der Waals surface area (Å²) in [5.74, 6) is 0.590. The van der Waals surface area contributed by atoms with E-state index >= 15 is 0 Å². The lowest BCUT2D eigenvalue weighted by molar-refractivity contribution is -0.141. The minimum absolute atomic E-state index is 0.0660. The lowest BCUT2D eigenvalue weighted by atomic mass is 10.0. The molecule has 1 atom stereocenters. The van der Waals surface area contributed by atoms with E-state index in [1.807, 2.05) is 25.7 Å². The van der Waals surface area contributed by atoms with E-state index in [2.05, 4.69) is 11.1 Å². The average molecular weight is 302 g/mol. The fourth-order valence-corrected chi connectivity index (χ4v) is 2.57. The monoisotopic (exact) mass is 302 g/mol. The van der Waals surface area contributed by atoms with Crippen molar-refractivity contribution in [2.75, 3.05) is 38.7 Å². The van der Waals surface area contributed by atoms with Crippen LogP contribution in [0.3, 0.4) is 0 Å². The molecule has 1 aliphatic heterocycles. The van der Waals surface area contributed by atoms with Gasteiger partial charge >= 0.3 is 0 Å². The molecule has 2 heterocycles. The third-order valence-corrected chi connectivity index (χ3v) is 4.17. The Bertz CT molecular complexity index is 634. The van der Waals surface area contributed by atoms with Crippen LogP contribution in [0.15, 0.2) is 0 Å². The van der Waals surface area contributed by atoms with Crippen LogP contribution < -0.4 is 4.90 Å². The first-order valence-corrected chi connectivity index (χ1v) is 7.32. The number of carbonyl (C=O) groups excluding carboxylic acids is 1. The fourth-order valence-electron chi connectivity index (χ4n) is 2.57. The largest absolute Gasteiger partial charge is 0.365 e. The summed E-state index contributed by atoms with van der Waals surface area (Å²) in [5.41, 5.74) is 3.48.